The molecule has 0 aliphatic heterocycles. The van der Waals surface area contributed by atoms with Crippen molar-refractivity contribution in [1.82, 2.24) is 3.34 Å². The lowest BCUT2D eigenvalue weighted by Crippen LogP contribution is -2.16. The van der Waals surface area contributed by atoms with Crippen LogP contribution >= 0.6 is 23.6 Å². The van der Waals surface area contributed by atoms with E-state index in [4.69, 9.17) is 23.6 Å². The minimum absolute atomic E-state index is 0.0648. The number of hydrogen-bond donors (Lipinski definition) is 0. The molecular formula is C6H5Cl2NO2S+. The molecular weight excluding hydrogens is 221 g/mol. The van der Waals surface area contributed by atoms with E-state index in [1.165, 1.54) is 12.1 Å². The second-order valence-electron chi connectivity index (χ2n) is 1.99. The maximum Gasteiger partial charge on any atom is 0.410 e. The summed E-state index contributed by atoms with van der Waals surface area (Å²) in [5.41, 5.74) is 0. The predicted octanol–water partition coefficient (Wildman–Crippen LogP) is 1.82. The van der Waals surface area contributed by atoms with Crippen LogP contribution in [0.15, 0.2) is 35.2 Å². The van der Waals surface area contributed by atoms with Gasteiger partial charge in [-0.05, 0) is 12.1 Å². The van der Waals surface area contributed by atoms with Crippen LogP contribution in [0.5, 0.6) is 0 Å². The summed E-state index contributed by atoms with van der Waals surface area (Å²) in [6.07, 6.45) is 0. The lowest BCUT2D eigenvalue weighted by Gasteiger charge is -1.93. The van der Waals surface area contributed by atoms with Gasteiger partial charge in [0.15, 0.2) is 3.34 Å². The zero-order valence-corrected chi connectivity index (χ0v) is 8.14. The zero-order chi connectivity index (χ0) is 9.19. The summed E-state index contributed by atoms with van der Waals surface area (Å²) in [6, 6.07) is 7.69. The Hall–Kier alpha value is -0.290. The number of benzene rings is 1. The summed E-state index contributed by atoms with van der Waals surface area (Å²) in [6.45, 7) is 0. The summed E-state index contributed by atoms with van der Waals surface area (Å²) in [7, 11) is -3.71. The molecule has 0 aromatic heterocycles. The van der Waals surface area contributed by atoms with Crippen molar-refractivity contribution in [3.63, 3.8) is 0 Å². The van der Waals surface area contributed by atoms with E-state index in [0.717, 1.165) is 0 Å². The second kappa shape index (κ2) is 3.62. The van der Waals surface area contributed by atoms with E-state index in [0.29, 0.717) is 0 Å². The number of rotatable bonds is 2. The van der Waals surface area contributed by atoms with Gasteiger partial charge in [-0.1, -0.05) is 18.2 Å². The van der Waals surface area contributed by atoms with Crippen molar-refractivity contribution in [2.45, 2.75) is 4.90 Å². The summed E-state index contributed by atoms with van der Waals surface area (Å²) >= 11 is 10.2. The van der Waals surface area contributed by atoms with Gasteiger partial charge in [0.1, 0.15) is 4.90 Å². The molecule has 0 aliphatic carbocycles. The fourth-order valence-corrected chi connectivity index (χ4v) is 1.81. The van der Waals surface area contributed by atoms with Crippen LogP contribution in [-0.2, 0) is 10.0 Å². The first kappa shape index (κ1) is 9.80. The Kier molecular flexibility index (Phi) is 2.95. The van der Waals surface area contributed by atoms with Crippen LogP contribution in [0.1, 0.15) is 0 Å². The average molecular weight is 226 g/mol. The van der Waals surface area contributed by atoms with Crippen molar-refractivity contribution in [1.29, 1.82) is 0 Å². The first-order chi connectivity index (χ1) is 5.55. The van der Waals surface area contributed by atoms with E-state index < -0.39 is 10.0 Å². The Labute approximate surface area is 80.8 Å². The molecule has 1 aromatic rings. The highest BCUT2D eigenvalue weighted by Gasteiger charge is 2.33. The second-order valence-corrected chi connectivity index (χ2v) is 5.03. The average Bonchev–Trinajstić information content (AvgIpc) is 2.06. The number of nitrogens with zero attached hydrogens (tertiary/aromatic N) is 1. The summed E-state index contributed by atoms with van der Waals surface area (Å²) in [4.78, 5) is 0.0648. The van der Waals surface area contributed by atoms with Gasteiger partial charge in [0, 0.05) is 0 Å². The molecule has 0 saturated carbocycles. The molecule has 0 saturated heterocycles. The van der Waals surface area contributed by atoms with Gasteiger partial charge in [0.05, 0.1) is 0 Å². The summed E-state index contributed by atoms with van der Waals surface area (Å²) in [5.74, 6) is 0. The lowest BCUT2D eigenvalue weighted by atomic mass is 10.4. The molecule has 0 spiro atoms. The van der Waals surface area contributed by atoms with Gasteiger partial charge < -0.3 is 0 Å². The van der Waals surface area contributed by atoms with Crippen LogP contribution in [0.25, 0.3) is 0 Å². The molecule has 1 radical (unpaired) electrons. The van der Waals surface area contributed by atoms with Crippen molar-refractivity contribution < 1.29 is 8.42 Å². The number of halogens is 2. The van der Waals surface area contributed by atoms with Crippen LogP contribution in [0.4, 0.5) is 0 Å². The Morgan fingerprint density at radius 1 is 1.08 bits per heavy atom. The van der Waals surface area contributed by atoms with Crippen molar-refractivity contribution >= 4 is 33.6 Å². The standard InChI is InChI=1S/C6H5Cl2NO2S/c7-9(8)12(10,11)6-4-2-1-3-5-6/h1-5H/q+1. The Bertz CT molecular complexity index is 349. The molecule has 65 valence electrons. The third-order valence-electron chi connectivity index (χ3n) is 1.22. The molecule has 3 nitrogen and oxygen atoms in total. The SMILES string of the molecule is O=S(=O)(c1ccccc1)[N+](Cl)Cl. The first-order valence-corrected chi connectivity index (χ1v) is 5.08. The van der Waals surface area contributed by atoms with Crippen molar-refractivity contribution in [3.8, 4) is 0 Å². The predicted molar refractivity (Wildman–Crippen MR) is 47.5 cm³/mol. The van der Waals surface area contributed by atoms with E-state index in [1.54, 1.807) is 18.2 Å². The van der Waals surface area contributed by atoms with Crippen LogP contribution in [0.3, 0.4) is 0 Å². The lowest BCUT2D eigenvalue weighted by molar-refractivity contribution is 0.589. The smallest absolute Gasteiger partial charge is 0.160 e. The van der Waals surface area contributed by atoms with E-state index in [2.05, 4.69) is 0 Å². The molecule has 0 aliphatic rings. The highest BCUT2D eigenvalue weighted by atomic mass is 35.5. The molecule has 0 amide bonds. The van der Waals surface area contributed by atoms with Crippen molar-refractivity contribution in [2.75, 3.05) is 0 Å². The molecule has 12 heavy (non-hydrogen) atoms. The van der Waals surface area contributed by atoms with E-state index in [9.17, 15) is 8.42 Å². The van der Waals surface area contributed by atoms with Crippen molar-refractivity contribution in [3.05, 3.63) is 30.3 Å². The maximum absolute atomic E-state index is 11.2. The maximum atomic E-state index is 11.2. The normalized spacial score (nSPS) is 11.9. The van der Waals surface area contributed by atoms with Gasteiger partial charge in [-0.2, -0.15) is 8.42 Å². The molecule has 0 bridgehead atoms. The monoisotopic (exact) mass is 225 g/mol. The van der Waals surface area contributed by atoms with Crippen LogP contribution < -0.4 is 3.34 Å². The fraction of sp³-hybridized carbons (Fsp3) is 0. The van der Waals surface area contributed by atoms with Gasteiger partial charge in [-0.25, -0.2) is 0 Å². The van der Waals surface area contributed by atoms with Gasteiger partial charge in [0.25, 0.3) is 23.6 Å². The van der Waals surface area contributed by atoms with Crippen LogP contribution in [0, 0.1) is 0 Å². The molecule has 6 heteroatoms. The van der Waals surface area contributed by atoms with Gasteiger partial charge in [-0.3, -0.25) is 0 Å². The fourth-order valence-electron chi connectivity index (χ4n) is 0.672. The number of hydrogen-bond acceptors (Lipinski definition) is 2. The largest absolute Gasteiger partial charge is 0.410 e. The quantitative estimate of drug-likeness (QED) is 0.721. The summed E-state index contributed by atoms with van der Waals surface area (Å²) in [5, 5.41) is 0. The minimum atomic E-state index is -3.71. The summed E-state index contributed by atoms with van der Waals surface area (Å²) < 4.78 is 22.5. The van der Waals surface area contributed by atoms with Crippen molar-refractivity contribution in [2.24, 2.45) is 0 Å². The van der Waals surface area contributed by atoms with E-state index in [1.807, 2.05) is 0 Å². The molecule has 0 fully saturated rings. The minimum Gasteiger partial charge on any atom is -0.160 e. The molecule has 0 heterocycles. The van der Waals surface area contributed by atoms with Crippen LogP contribution in [0.2, 0.25) is 0 Å². The Morgan fingerprint density at radius 3 is 2.00 bits per heavy atom. The van der Waals surface area contributed by atoms with E-state index >= 15 is 0 Å². The van der Waals surface area contributed by atoms with Gasteiger partial charge in [0.2, 0.25) is 0 Å². The Morgan fingerprint density at radius 2 is 1.58 bits per heavy atom. The van der Waals surface area contributed by atoms with E-state index in [-0.39, 0.29) is 8.24 Å². The molecule has 1 aromatic carbocycles. The zero-order valence-electron chi connectivity index (χ0n) is 5.81. The molecule has 0 atom stereocenters. The molecule has 0 N–H and O–H groups in total. The third-order valence-corrected chi connectivity index (χ3v) is 3.54. The van der Waals surface area contributed by atoms with Gasteiger partial charge in [-0.15, -0.1) is 0 Å². The van der Waals surface area contributed by atoms with Gasteiger partial charge >= 0.3 is 10.0 Å². The third kappa shape index (κ3) is 1.90. The van der Waals surface area contributed by atoms with Crippen LogP contribution in [-0.4, -0.2) is 8.42 Å². The molecule has 0 unspecified atom stereocenters. The molecule has 1 rings (SSSR count). The number of sulfonamides is 1. The highest BCUT2D eigenvalue weighted by Crippen LogP contribution is 2.15. The topological polar surface area (TPSA) is 40.0 Å². The highest BCUT2D eigenvalue weighted by molar-refractivity contribution is 7.92. The first-order valence-electron chi connectivity index (χ1n) is 2.97. The Balaban J connectivity index is 3.17.